The van der Waals surface area contributed by atoms with E-state index in [1.54, 1.807) is 35.8 Å². The van der Waals surface area contributed by atoms with Crippen molar-refractivity contribution in [3.63, 3.8) is 0 Å². The Morgan fingerprint density at radius 1 is 1.17 bits per heavy atom. The van der Waals surface area contributed by atoms with Gasteiger partial charge in [-0.15, -0.1) is 0 Å². The molecule has 0 aliphatic carbocycles. The Hall–Kier alpha value is -2.31. The van der Waals surface area contributed by atoms with Gasteiger partial charge in [-0.2, -0.15) is 0 Å². The summed E-state index contributed by atoms with van der Waals surface area (Å²) in [5.74, 6) is -0.342. The lowest BCUT2D eigenvalue weighted by Crippen LogP contribution is -2.56. The Balaban J connectivity index is 1.92. The van der Waals surface area contributed by atoms with Gasteiger partial charge in [0, 0.05) is 32.7 Å². The molecule has 1 saturated heterocycles. The molecule has 1 aliphatic rings. The number of hydrogen-bond donors (Lipinski definition) is 1. The van der Waals surface area contributed by atoms with E-state index in [0.717, 1.165) is 6.42 Å². The molecule has 2 rings (SSSR count). The molecule has 0 radical (unpaired) electrons. The molecule has 1 fully saturated rings. The topological polar surface area (TPSA) is 82.9 Å². The number of carbonyl (C=O) groups is 3. The number of nitrogens with one attached hydrogen (secondary N) is 1. The van der Waals surface area contributed by atoms with Gasteiger partial charge in [0.15, 0.2) is 5.76 Å². The second-order valence-corrected chi connectivity index (χ2v) is 6.44. The average molecular weight is 335 g/mol. The second kappa shape index (κ2) is 7.51. The number of rotatable bonds is 5. The molecule has 0 aromatic carbocycles. The third-order valence-electron chi connectivity index (χ3n) is 4.22. The van der Waals surface area contributed by atoms with Crippen molar-refractivity contribution in [2.45, 2.75) is 27.2 Å². The van der Waals surface area contributed by atoms with Gasteiger partial charge in [0.05, 0.1) is 6.26 Å². The number of nitrogens with zero attached hydrogens (tertiary/aromatic N) is 2. The lowest BCUT2D eigenvalue weighted by molar-refractivity contribution is -0.149. The summed E-state index contributed by atoms with van der Waals surface area (Å²) in [5.41, 5.74) is -1.11. The van der Waals surface area contributed by atoms with Crippen LogP contribution in [0.15, 0.2) is 22.8 Å². The van der Waals surface area contributed by atoms with Gasteiger partial charge < -0.3 is 19.5 Å². The lowest BCUT2D eigenvalue weighted by Gasteiger charge is -2.37. The molecule has 1 N–H and O–H groups in total. The van der Waals surface area contributed by atoms with E-state index in [-0.39, 0.29) is 17.7 Å². The van der Waals surface area contributed by atoms with Gasteiger partial charge in [0.2, 0.25) is 11.8 Å². The highest BCUT2D eigenvalue weighted by Gasteiger charge is 2.40. The summed E-state index contributed by atoms with van der Waals surface area (Å²) in [5, 5.41) is 2.77. The SMILES string of the molecule is CCCNC(=O)C(C)(C)C(=O)N1CCN(C(=O)c2ccco2)CC1. The van der Waals surface area contributed by atoms with Crippen LogP contribution >= 0.6 is 0 Å². The first-order valence-electron chi connectivity index (χ1n) is 8.28. The molecule has 0 saturated carbocycles. The molecular formula is C17H25N3O4. The van der Waals surface area contributed by atoms with E-state index in [4.69, 9.17) is 4.42 Å². The molecule has 132 valence electrons. The fourth-order valence-electron chi connectivity index (χ4n) is 2.62. The van der Waals surface area contributed by atoms with E-state index >= 15 is 0 Å². The minimum absolute atomic E-state index is 0.174. The van der Waals surface area contributed by atoms with Crippen molar-refractivity contribution in [3.05, 3.63) is 24.2 Å². The molecule has 7 nitrogen and oxygen atoms in total. The quantitative estimate of drug-likeness (QED) is 0.817. The van der Waals surface area contributed by atoms with E-state index in [0.29, 0.717) is 38.5 Å². The van der Waals surface area contributed by atoms with Crippen LogP contribution in [0.4, 0.5) is 0 Å². The van der Waals surface area contributed by atoms with Gasteiger partial charge in [-0.05, 0) is 32.4 Å². The molecule has 1 aromatic rings. The minimum Gasteiger partial charge on any atom is -0.459 e. The fourth-order valence-corrected chi connectivity index (χ4v) is 2.62. The van der Waals surface area contributed by atoms with Gasteiger partial charge >= 0.3 is 0 Å². The third-order valence-corrected chi connectivity index (χ3v) is 4.22. The Labute approximate surface area is 142 Å². The first-order valence-corrected chi connectivity index (χ1v) is 8.28. The van der Waals surface area contributed by atoms with Gasteiger partial charge in [-0.25, -0.2) is 0 Å². The standard InChI is InChI=1S/C17H25N3O4/c1-4-7-18-15(22)17(2,3)16(23)20-10-8-19(9-11-20)14(21)13-6-5-12-24-13/h5-6,12H,4,7-11H2,1-3H3,(H,18,22). The number of carbonyl (C=O) groups excluding carboxylic acids is 3. The molecule has 0 bridgehead atoms. The van der Waals surface area contributed by atoms with Crippen molar-refractivity contribution < 1.29 is 18.8 Å². The van der Waals surface area contributed by atoms with E-state index in [9.17, 15) is 14.4 Å². The highest BCUT2D eigenvalue weighted by Crippen LogP contribution is 2.21. The van der Waals surface area contributed by atoms with Crippen molar-refractivity contribution >= 4 is 17.7 Å². The van der Waals surface area contributed by atoms with Crippen LogP contribution in [0.3, 0.4) is 0 Å². The smallest absolute Gasteiger partial charge is 0.289 e. The van der Waals surface area contributed by atoms with Gasteiger partial charge in [0.25, 0.3) is 5.91 Å². The van der Waals surface area contributed by atoms with Crippen molar-refractivity contribution in [1.29, 1.82) is 0 Å². The number of piperazine rings is 1. The zero-order valence-electron chi connectivity index (χ0n) is 14.5. The second-order valence-electron chi connectivity index (χ2n) is 6.44. The summed E-state index contributed by atoms with van der Waals surface area (Å²) in [6, 6.07) is 3.30. The maximum absolute atomic E-state index is 12.7. The molecule has 1 aromatic heterocycles. The highest BCUT2D eigenvalue weighted by molar-refractivity contribution is 6.04. The number of furan rings is 1. The van der Waals surface area contributed by atoms with E-state index in [1.165, 1.54) is 6.26 Å². The molecule has 24 heavy (non-hydrogen) atoms. The lowest BCUT2D eigenvalue weighted by atomic mass is 9.90. The van der Waals surface area contributed by atoms with E-state index in [2.05, 4.69) is 5.32 Å². The average Bonchev–Trinajstić information content (AvgIpc) is 3.12. The van der Waals surface area contributed by atoms with Crippen molar-refractivity contribution in [2.75, 3.05) is 32.7 Å². The summed E-state index contributed by atoms with van der Waals surface area (Å²) in [6.45, 7) is 7.48. The van der Waals surface area contributed by atoms with Crippen LogP contribution in [0, 0.1) is 5.41 Å². The highest BCUT2D eigenvalue weighted by atomic mass is 16.3. The van der Waals surface area contributed by atoms with Crippen LogP contribution in [-0.2, 0) is 9.59 Å². The number of hydrogen-bond acceptors (Lipinski definition) is 4. The van der Waals surface area contributed by atoms with Gasteiger partial charge in [-0.3, -0.25) is 14.4 Å². The Kier molecular flexibility index (Phi) is 5.64. The van der Waals surface area contributed by atoms with Crippen molar-refractivity contribution in [3.8, 4) is 0 Å². The molecule has 0 unspecified atom stereocenters. The first-order chi connectivity index (χ1) is 11.4. The molecule has 7 heteroatoms. The molecular weight excluding hydrogens is 310 g/mol. The molecule has 0 spiro atoms. The molecule has 2 heterocycles. The summed E-state index contributed by atoms with van der Waals surface area (Å²) in [7, 11) is 0. The van der Waals surface area contributed by atoms with Crippen LogP contribution in [0.2, 0.25) is 0 Å². The first kappa shape index (κ1) is 18.0. The summed E-state index contributed by atoms with van der Waals surface area (Å²) in [6.07, 6.45) is 2.29. The van der Waals surface area contributed by atoms with Crippen LogP contribution in [0.25, 0.3) is 0 Å². The van der Waals surface area contributed by atoms with E-state index < -0.39 is 5.41 Å². The maximum atomic E-state index is 12.7. The summed E-state index contributed by atoms with van der Waals surface area (Å²) >= 11 is 0. The fraction of sp³-hybridized carbons (Fsp3) is 0.588. The Bertz CT molecular complexity index is 587. The predicted molar refractivity (Wildman–Crippen MR) is 88.3 cm³/mol. The monoisotopic (exact) mass is 335 g/mol. The van der Waals surface area contributed by atoms with Crippen molar-refractivity contribution in [1.82, 2.24) is 15.1 Å². The third kappa shape index (κ3) is 3.77. The van der Waals surface area contributed by atoms with Gasteiger partial charge in [-0.1, -0.05) is 6.92 Å². The van der Waals surface area contributed by atoms with Gasteiger partial charge in [0.1, 0.15) is 5.41 Å². The molecule has 3 amide bonds. The Morgan fingerprint density at radius 3 is 2.33 bits per heavy atom. The molecule has 0 atom stereocenters. The summed E-state index contributed by atoms with van der Waals surface area (Å²) < 4.78 is 5.12. The number of amides is 3. The predicted octanol–water partition coefficient (Wildman–Crippen LogP) is 1.12. The van der Waals surface area contributed by atoms with Crippen LogP contribution in [-0.4, -0.2) is 60.2 Å². The zero-order chi connectivity index (χ0) is 17.7. The largest absolute Gasteiger partial charge is 0.459 e. The Morgan fingerprint density at radius 2 is 1.79 bits per heavy atom. The molecule has 1 aliphatic heterocycles. The van der Waals surface area contributed by atoms with Crippen molar-refractivity contribution in [2.24, 2.45) is 5.41 Å². The zero-order valence-corrected chi connectivity index (χ0v) is 14.5. The van der Waals surface area contributed by atoms with Crippen LogP contribution in [0.5, 0.6) is 0 Å². The van der Waals surface area contributed by atoms with Crippen LogP contribution in [0.1, 0.15) is 37.7 Å². The van der Waals surface area contributed by atoms with Crippen LogP contribution < -0.4 is 5.32 Å². The van der Waals surface area contributed by atoms with E-state index in [1.807, 2.05) is 6.92 Å². The maximum Gasteiger partial charge on any atom is 0.289 e. The normalized spacial score (nSPS) is 15.3. The summed E-state index contributed by atoms with van der Waals surface area (Å²) in [4.78, 5) is 40.4. The minimum atomic E-state index is -1.11.